The van der Waals surface area contributed by atoms with E-state index in [2.05, 4.69) is 26.5 Å². The van der Waals surface area contributed by atoms with Crippen LogP contribution in [-0.2, 0) is 9.53 Å². The second-order valence-electron chi connectivity index (χ2n) is 7.35. The van der Waals surface area contributed by atoms with Gasteiger partial charge in [0.1, 0.15) is 6.10 Å². The first kappa shape index (κ1) is 14.8. The van der Waals surface area contributed by atoms with Crippen LogP contribution in [0.4, 0.5) is 0 Å². The Labute approximate surface area is 127 Å². The summed E-state index contributed by atoms with van der Waals surface area (Å²) >= 11 is 0. The van der Waals surface area contributed by atoms with Crippen molar-refractivity contribution in [1.29, 1.82) is 0 Å². The second kappa shape index (κ2) is 5.60. The van der Waals surface area contributed by atoms with Crippen molar-refractivity contribution in [2.24, 2.45) is 23.7 Å². The number of aliphatic hydroxyl groups excluding tert-OH is 1. The van der Waals surface area contributed by atoms with E-state index in [-0.39, 0.29) is 6.10 Å². The highest BCUT2D eigenvalue weighted by Gasteiger charge is 2.40. The summed E-state index contributed by atoms with van der Waals surface area (Å²) in [6, 6.07) is 0. The molecule has 3 rings (SSSR count). The lowest BCUT2D eigenvalue weighted by Crippen LogP contribution is -2.31. The van der Waals surface area contributed by atoms with Crippen LogP contribution in [0.1, 0.15) is 46.0 Å². The molecule has 0 aromatic heterocycles. The number of fused-ring (bicyclic) bond motifs is 1. The minimum atomic E-state index is -0.960. The van der Waals surface area contributed by atoms with Gasteiger partial charge in [-0.1, -0.05) is 26.5 Å². The molecule has 0 bridgehead atoms. The van der Waals surface area contributed by atoms with E-state index >= 15 is 0 Å². The molecule has 3 heteroatoms. The molecule has 3 aliphatic rings. The Bertz CT molecular complexity index is 477. The van der Waals surface area contributed by atoms with Crippen molar-refractivity contribution < 1.29 is 14.6 Å². The maximum Gasteiger partial charge on any atom is 0.335 e. The van der Waals surface area contributed by atoms with Crippen molar-refractivity contribution in [1.82, 2.24) is 0 Å². The summed E-state index contributed by atoms with van der Waals surface area (Å²) < 4.78 is 5.30. The van der Waals surface area contributed by atoms with Crippen molar-refractivity contribution in [2.45, 2.75) is 58.2 Å². The van der Waals surface area contributed by atoms with Gasteiger partial charge in [0.15, 0.2) is 6.10 Å². The van der Waals surface area contributed by atoms with E-state index in [4.69, 9.17) is 4.74 Å². The Balaban J connectivity index is 1.74. The molecule has 21 heavy (non-hydrogen) atoms. The SMILES string of the molecule is C=C1C[C@@H]2C[C@H](C(C)C)CC[C@H]2C=C1C1C[C@@H](O)C(=O)O1. The Hall–Kier alpha value is -1.09. The minimum Gasteiger partial charge on any atom is -0.455 e. The molecule has 0 amide bonds. The van der Waals surface area contributed by atoms with Gasteiger partial charge in [-0.25, -0.2) is 4.79 Å². The lowest BCUT2D eigenvalue weighted by molar-refractivity contribution is -0.146. The molecule has 0 radical (unpaired) electrons. The maximum absolute atomic E-state index is 11.4. The molecule has 0 spiro atoms. The van der Waals surface area contributed by atoms with Gasteiger partial charge in [-0.05, 0) is 60.5 Å². The van der Waals surface area contributed by atoms with Gasteiger partial charge in [0, 0.05) is 6.42 Å². The van der Waals surface area contributed by atoms with Gasteiger partial charge in [0.2, 0.25) is 0 Å². The van der Waals surface area contributed by atoms with Crippen molar-refractivity contribution in [3.63, 3.8) is 0 Å². The van der Waals surface area contributed by atoms with E-state index in [1.807, 2.05) is 0 Å². The van der Waals surface area contributed by atoms with Crippen LogP contribution in [0.5, 0.6) is 0 Å². The standard InChI is InChI=1S/C18H26O3/c1-10(2)12-4-5-13-8-15(11(3)6-14(13)7-12)17-9-16(19)18(20)21-17/h8,10,12-14,16-17,19H,3-7,9H2,1-2H3/t12-,13+,14-,16-,17?/m1/s1. The van der Waals surface area contributed by atoms with Crippen LogP contribution in [0.3, 0.4) is 0 Å². The maximum atomic E-state index is 11.4. The Kier molecular flexibility index (Phi) is 3.96. The molecule has 116 valence electrons. The smallest absolute Gasteiger partial charge is 0.335 e. The predicted molar refractivity (Wildman–Crippen MR) is 81.5 cm³/mol. The number of aliphatic hydroxyl groups is 1. The third-order valence-corrected chi connectivity index (χ3v) is 5.65. The highest BCUT2D eigenvalue weighted by atomic mass is 16.6. The van der Waals surface area contributed by atoms with E-state index in [0.717, 1.165) is 29.4 Å². The molecule has 1 aliphatic heterocycles. The average Bonchev–Trinajstić information content (AvgIpc) is 2.77. The van der Waals surface area contributed by atoms with Gasteiger partial charge >= 0.3 is 5.97 Å². The summed E-state index contributed by atoms with van der Waals surface area (Å²) in [5, 5.41) is 9.58. The number of carbonyl (C=O) groups excluding carboxylic acids is 1. The largest absolute Gasteiger partial charge is 0.455 e. The summed E-state index contributed by atoms with van der Waals surface area (Å²) in [5.41, 5.74) is 2.18. The average molecular weight is 290 g/mol. The molecule has 1 heterocycles. The lowest BCUT2D eigenvalue weighted by atomic mass is 9.65. The van der Waals surface area contributed by atoms with E-state index in [1.54, 1.807) is 0 Å². The highest BCUT2D eigenvalue weighted by molar-refractivity contribution is 5.77. The van der Waals surface area contributed by atoms with Gasteiger partial charge in [-0.15, -0.1) is 0 Å². The molecule has 5 atom stereocenters. The highest BCUT2D eigenvalue weighted by Crippen LogP contribution is 2.46. The summed E-state index contributed by atoms with van der Waals surface area (Å²) in [6.07, 6.45) is 6.28. The van der Waals surface area contributed by atoms with Crippen molar-refractivity contribution in [3.05, 3.63) is 23.8 Å². The molecule has 1 saturated heterocycles. The number of hydrogen-bond donors (Lipinski definition) is 1. The van der Waals surface area contributed by atoms with E-state index in [9.17, 15) is 9.90 Å². The van der Waals surface area contributed by atoms with E-state index in [1.165, 1.54) is 19.3 Å². The first-order valence-electron chi connectivity index (χ1n) is 8.24. The molecule has 3 nitrogen and oxygen atoms in total. The molecule has 0 aromatic carbocycles. The van der Waals surface area contributed by atoms with Crippen LogP contribution >= 0.6 is 0 Å². The van der Waals surface area contributed by atoms with Gasteiger partial charge in [-0.2, -0.15) is 0 Å². The van der Waals surface area contributed by atoms with E-state index in [0.29, 0.717) is 18.3 Å². The molecule has 1 N–H and O–H groups in total. The molecule has 1 saturated carbocycles. The summed E-state index contributed by atoms with van der Waals surface area (Å²) in [5.74, 6) is 2.40. The molecular weight excluding hydrogens is 264 g/mol. The van der Waals surface area contributed by atoms with Crippen LogP contribution in [0.25, 0.3) is 0 Å². The summed E-state index contributed by atoms with van der Waals surface area (Å²) in [6.45, 7) is 8.86. The number of hydrogen-bond acceptors (Lipinski definition) is 3. The topological polar surface area (TPSA) is 46.5 Å². The summed E-state index contributed by atoms with van der Waals surface area (Å²) in [7, 11) is 0. The zero-order valence-electron chi connectivity index (χ0n) is 13.0. The number of ether oxygens (including phenoxy) is 1. The van der Waals surface area contributed by atoms with Crippen molar-refractivity contribution >= 4 is 5.97 Å². The van der Waals surface area contributed by atoms with Crippen LogP contribution in [0, 0.1) is 23.7 Å². The lowest BCUT2D eigenvalue weighted by Gasteiger charge is -2.41. The Morgan fingerprint density at radius 3 is 2.71 bits per heavy atom. The Morgan fingerprint density at radius 2 is 2.10 bits per heavy atom. The quantitative estimate of drug-likeness (QED) is 0.794. The summed E-state index contributed by atoms with van der Waals surface area (Å²) in [4.78, 5) is 11.4. The van der Waals surface area contributed by atoms with Crippen molar-refractivity contribution in [3.8, 4) is 0 Å². The number of cyclic esters (lactones) is 1. The van der Waals surface area contributed by atoms with Crippen LogP contribution < -0.4 is 0 Å². The normalized spacial score (nSPS) is 40.0. The fourth-order valence-corrected chi connectivity index (χ4v) is 4.26. The third kappa shape index (κ3) is 2.80. The van der Waals surface area contributed by atoms with Gasteiger partial charge < -0.3 is 9.84 Å². The number of allylic oxidation sites excluding steroid dienone is 1. The molecule has 2 fully saturated rings. The van der Waals surface area contributed by atoms with Crippen LogP contribution in [0.15, 0.2) is 23.8 Å². The van der Waals surface area contributed by atoms with E-state index < -0.39 is 12.1 Å². The fourth-order valence-electron chi connectivity index (χ4n) is 4.26. The Morgan fingerprint density at radius 1 is 1.33 bits per heavy atom. The number of carbonyl (C=O) groups is 1. The molecule has 0 aromatic rings. The zero-order valence-corrected chi connectivity index (χ0v) is 13.0. The minimum absolute atomic E-state index is 0.274. The van der Waals surface area contributed by atoms with Gasteiger partial charge in [0.25, 0.3) is 0 Å². The fraction of sp³-hybridized carbons (Fsp3) is 0.722. The molecule has 1 unspecified atom stereocenters. The third-order valence-electron chi connectivity index (χ3n) is 5.65. The predicted octanol–water partition coefficient (Wildman–Crippen LogP) is 3.24. The first-order valence-corrected chi connectivity index (χ1v) is 8.24. The number of esters is 1. The monoisotopic (exact) mass is 290 g/mol. The van der Waals surface area contributed by atoms with Gasteiger partial charge in [0.05, 0.1) is 0 Å². The molecule has 2 aliphatic carbocycles. The first-order chi connectivity index (χ1) is 9.95. The number of rotatable bonds is 2. The zero-order chi connectivity index (χ0) is 15.1. The van der Waals surface area contributed by atoms with Crippen molar-refractivity contribution in [2.75, 3.05) is 0 Å². The second-order valence-corrected chi connectivity index (χ2v) is 7.35. The molecular formula is C18H26O3. The van der Waals surface area contributed by atoms with Crippen LogP contribution in [0.2, 0.25) is 0 Å². The van der Waals surface area contributed by atoms with Crippen LogP contribution in [-0.4, -0.2) is 23.3 Å². The van der Waals surface area contributed by atoms with Gasteiger partial charge in [-0.3, -0.25) is 0 Å².